The molecule has 4 nitrogen and oxygen atoms in total. The summed E-state index contributed by atoms with van der Waals surface area (Å²) >= 11 is 10.7. The zero-order chi connectivity index (χ0) is 11.5. The van der Waals surface area contributed by atoms with Gasteiger partial charge in [0.2, 0.25) is 5.28 Å². The molecule has 0 fully saturated rings. The van der Waals surface area contributed by atoms with Gasteiger partial charge in [-0.3, -0.25) is 0 Å². The summed E-state index contributed by atoms with van der Waals surface area (Å²) in [5.41, 5.74) is 6.19. The van der Waals surface area contributed by atoms with Crippen LogP contribution in [0, 0.1) is 0 Å². The maximum atomic E-state index is 5.71. The molecule has 0 spiro atoms. The van der Waals surface area contributed by atoms with Gasteiger partial charge < -0.3 is 11.1 Å². The van der Waals surface area contributed by atoms with E-state index in [4.69, 9.17) is 17.3 Å². The van der Waals surface area contributed by atoms with Gasteiger partial charge in [0, 0.05) is 4.88 Å². The van der Waals surface area contributed by atoms with Gasteiger partial charge in [-0.1, -0.05) is 0 Å². The Labute approximate surface area is 110 Å². The predicted octanol–water partition coefficient (Wildman–Crippen LogP) is 3.15. The second-order valence-electron chi connectivity index (χ2n) is 3.00. The van der Waals surface area contributed by atoms with Crippen molar-refractivity contribution < 1.29 is 0 Å². The van der Waals surface area contributed by atoms with E-state index in [0.29, 0.717) is 18.1 Å². The van der Waals surface area contributed by atoms with Crippen LogP contribution in [0.2, 0.25) is 5.28 Å². The number of rotatable bonds is 3. The molecule has 0 aliphatic heterocycles. The Balaban J connectivity index is 2.07. The number of hydrogen-bond donors (Lipinski definition) is 2. The number of nitrogens with two attached hydrogens (primary N) is 1. The van der Waals surface area contributed by atoms with Crippen molar-refractivity contribution >= 4 is 50.4 Å². The molecule has 2 aromatic heterocycles. The molecule has 0 aliphatic carbocycles. The van der Waals surface area contributed by atoms with Crippen LogP contribution in [0.3, 0.4) is 0 Å². The third-order valence-electron chi connectivity index (χ3n) is 1.85. The fourth-order valence-electron chi connectivity index (χ4n) is 1.13. The number of anilines is 2. The Morgan fingerprint density at radius 1 is 1.50 bits per heavy atom. The first-order chi connectivity index (χ1) is 7.65. The Bertz CT molecular complexity index is 502. The molecule has 84 valence electrons. The maximum absolute atomic E-state index is 5.71. The van der Waals surface area contributed by atoms with Crippen molar-refractivity contribution in [1.29, 1.82) is 0 Å². The lowest BCUT2D eigenvalue weighted by Crippen LogP contribution is -2.04. The zero-order valence-corrected chi connectivity index (χ0v) is 11.2. The van der Waals surface area contributed by atoms with Gasteiger partial charge in [-0.15, -0.1) is 11.3 Å². The van der Waals surface area contributed by atoms with Gasteiger partial charge in [0.1, 0.15) is 0 Å². The lowest BCUT2D eigenvalue weighted by molar-refractivity contribution is 1.10. The molecule has 0 aliphatic rings. The Morgan fingerprint density at radius 3 is 3.00 bits per heavy atom. The molecule has 0 radical (unpaired) electrons. The summed E-state index contributed by atoms with van der Waals surface area (Å²) in [6, 6.07) is 4.03. The first kappa shape index (κ1) is 11.6. The van der Waals surface area contributed by atoms with Crippen molar-refractivity contribution in [1.82, 2.24) is 9.97 Å². The zero-order valence-electron chi connectivity index (χ0n) is 8.08. The van der Waals surface area contributed by atoms with E-state index in [1.54, 1.807) is 11.3 Å². The third kappa shape index (κ3) is 2.84. The van der Waals surface area contributed by atoms with E-state index in [9.17, 15) is 0 Å². The predicted molar refractivity (Wildman–Crippen MR) is 70.8 cm³/mol. The van der Waals surface area contributed by atoms with Crippen LogP contribution in [0.1, 0.15) is 4.88 Å². The second kappa shape index (κ2) is 4.99. The third-order valence-corrected chi connectivity index (χ3v) is 3.65. The van der Waals surface area contributed by atoms with Crippen LogP contribution < -0.4 is 11.1 Å². The van der Waals surface area contributed by atoms with Crippen LogP contribution in [0.4, 0.5) is 11.5 Å². The van der Waals surface area contributed by atoms with Crippen LogP contribution in [0.5, 0.6) is 0 Å². The van der Waals surface area contributed by atoms with Gasteiger partial charge in [0.25, 0.3) is 0 Å². The van der Waals surface area contributed by atoms with Crippen LogP contribution in [-0.2, 0) is 6.54 Å². The maximum Gasteiger partial charge on any atom is 0.224 e. The number of hydrogen-bond acceptors (Lipinski definition) is 5. The molecule has 7 heteroatoms. The molecule has 0 saturated carbocycles. The summed E-state index contributed by atoms with van der Waals surface area (Å²) in [6.45, 7) is 0.661. The van der Waals surface area contributed by atoms with Crippen molar-refractivity contribution in [2.45, 2.75) is 6.54 Å². The molecule has 0 saturated heterocycles. The molecule has 0 aromatic carbocycles. The molecule has 0 atom stereocenters. The van der Waals surface area contributed by atoms with Crippen molar-refractivity contribution in [2.75, 3.05) is 11.1 Å². The summed E-state index contributed by atoms with van der Waals surface area (Å²) < 4.78 is 1.10. The minimum Gasteiger partial charge on any atom is -0.394 e. The van der Waals surface area contributed by atoms with Gasteiger partial charge in [-0.2, -0.15) is 4.98 Å². The second-order valence-corrected chi connectivity index (χ2v) is 5.89. The number of nitrogens with zero attached hydrogens (tertiary/aromatic N) is 2. The lowest BCUT2D eigenvalue weighted by Gasteiger charge is -2.06. The number of aromatic nitrogens is 2. The van der Waals surface area contributed by atoms with Gasteiger partial charge in [0.05, 0.1) is 22.2 Å². The van der Waals surface area contributed by atoms with Crippen molar-refractivity contribution in [3.63, 3.8) is 0 Å². The van der Waals surface area contributed by atoms with E-state index >= 15 is 0 Å². The van der Waals surface area contributed by atoms with Crippen LogP contribution >= 0.6 is 38.9 Å². The molecule has 2 heterocycles. The van der Waals surface area contributed by atoms with E-state index in [-0.39, 0.29) is 5.28 Å². The van der Waals surface area contributed by atoms with E-state index < -0.39 is 0 Å². The summed E-state index contributed by atoms with van der Waals surface area (Å²) in [5.74, 6) is 0.560. The molecular weight excluding hydrogens is 312 g/mol. The molecule has 0 bridgehead atoms. The van der Waals surface area contributed by atoms with Crippen molar-refractivity contribution in [3.05, 3.63) is 32.3 Å². The summed E-state index contributed by atoms with van der Waals surface area (Å²) in [4.78, 5) is 8.97. The highest BCUT2D eigenvalue weighted by Gasteiger charge is 2.03. The summed E-state index contributed by atoms with van der Waals surface area (Å²) in [6.07, 6.45) is 1.49. The standard InChI is InChI=1S/C9H8BrClN4S/c10-7-2-1-5(16-7)3-13-8-6(12)4-14-9(11)15-8/h1-2,4H,3,12H2,(H,13,14,15). The van der Waals surface area contributed by atoms with E-state index in [0.717, 1.165) is 3.79 Å². The molecule has 3 N–H and O–H groups in total. The fraction of sp³-hybridized carbons (Fsp3) is 0.111. The number of nitrogen functional groups attached to an aromatic ring is 1. The molecule has 0 amide bonds. The Hall–Kier alpha value is -0.850. The van der Waals surface area contributed by atoms with Crippen molar-refractivity contribution in [2.24, 2.45) is 0 Å². The largest absolute Gasteiger partial charge is 0.394 e. The molecule has 2 aromatic rings. The molecule has 16 heavy (non-hydrogen) atoms. The first-order valence-electron chi connectivity index (χ1n) is 4.41. The summed E-state index contributed by atoms with van der Waals surface area (Å²) in [5, 5.41) is 3.30. The highest BCUT2D eigenvalue weighted by molar-refractivity contribution is 9.11. The Kier molecular flexibility index (Phi) is 3.63. The normalized spacial score (nSPS) is 10.4. The van der Waals surface area contributed by atoms with Gasteiger partial charge >= 0.3 is 0 Å². The Morgan fingerprint density at radius 2 is 2.31 bits per heavy atom. The monoisotopic (exact) mass is 318 g/mol. The molecular formula is C9H8BrClN4S. The number of nitrogens with one attached hydrogen (secondary N) is 1. The van der Waals surface area contributed by atoms with E-state index in [1.807, 2.05) is 12.1 Å². The van der Waals surface area contributed by atoms with Gasteiger partial charge in [0.15, 0.2) is 5.82 Å². The van der Waals surface area contributed by atoms with Crippen LogP contribution in [0.15, 0.2) is 22.1 Å². The lowest BCUT2D eigenvalue weighted by atomic mass is 10.4. The van der Waals surface area contributed by atoms with Crippen LogP contribution in [-0.4, -0.2) is 9.97 Å². The van der Waals surface area contributed by atoms with Gasteiger partial charge in [-0.05, 0) is 39.7 Å². The topological polar surface area (TPSA) is 63.8 Å². The number of thiophene rings is 1. The molecule has 2 rings (SSSR count). The smallest absolute Gasteiger partial charge is 0.224 e. The highest BCUT2D eigenvalue weighted by atomic mass is 79.9. The number of halogens is 2. The molecule has 0 unspecified atom stereocenters. The average molecular weight is 320 g/mol. The average Bonchev–Trinajstić information content (AvgIpc) is 2.66. The first-order valence-corrected chi connectivity index (χ1v) is 6.40. The summed E-state index contributed by atoms with van der Waals surface area (Å²) in [7, 11) is 0. The fourth-order valence-corrected chi connectivity index (χ4v) is 2.69. The van der Waals surface area contributed by atoms with Crippen molar-refractivity contribution in [3.8, 4) is 0 Å². The minimum atomic E-state index is 0.184. The minimum absolute atomic E-state index is 0.184. The van der Waals surface area contributed by atoms with E-state index in [2.05, 4.69) is 31.2 Å². The highest BCUT2D eigenvalue weighted by Crippen LogP contribution is 2.23. The van der Waals surface area contributed by atoms with E-state index in [1.165, 1.54) is 11.1 Å². The van der Waals surface area contributed by atoms with Crippen LogP contribution in [0.25, 0.3) is 0 Å². The quantitative estimate of drug-likeness (QED) is 0.853. The SMILES string of the molecule is Nc1cnc(Cl)nc1NCc1ccc(Br)s1. The van der Waals surface area contributed by atoms with Gasteiger partial charge in [-0.25, -0.2) is 4.98 Å².